The minimum absolute atomic E-state index is 0.199. The van der Waals surface area contributed by atoms with Gasteiger partial charge in [-0.3, -0.25) is 4.79 Å². The van der Waals surface area contributed by atoms with E-state index >= 15 is 0 Å². The number of rotatable bonds is 6. The molecule has 88 valence electrons. The molecule has 0 aliphatic rings. The summed E-state index contributed by atoms with van der Waals surface area (Å²) in [6, 6.07) is 8.74. The molecule has 0 atom stereocenters. The molecule has 1 rings (SSSR count). The molecule has 0 aliphatic carbocycles. The van der Waals surface area contributed by atoms with Gasteiger partial charge in [0.2, 0.25) is 5.91 Å². The van der Waals surface area contributed by atoms with Crippen LogP contribution in [0.2, 0.25) is 0 Å². The molecule has 0 unspecified atom stereocenters. The first-order valence-corrected chi connectivity index (χ1v) is 5.96. The second-order valence-electron chi connectivity index (χ2n) is 4.57. The summed E-state index contributed by atoms with van der Waals surface area (Å²) in [6.45, 7) is 4.39. The van der Waals surface area contributed by atoms with Gasteiger partial charge in [-0.2, -0.15) is 0 Å². The van der Waals surface area contributed by atoms with Gasteiger partial charge in [-0.1, -0.05) is 38.1 Å². The Morgan fingerprint density at radius 3 is 2.31 bits per heavy atom. The number of carbonyl (C=O) groups is 1. The Balaban J connectivity index is 2.35. The van der Waals surface area contributed by atoms with Crippen molar-refractivity contribution < 1.29 is 4.79 Å². The van der Waals surface area contributed by atoms with E-state index in [0.717, 1.165) is 19.3 Å². The van der Waals surface area contributed by atoms with E-state index in [2.05, 4.69) is 38.1 Å². The van der Waals surface area contributed by atoms with Crippen LogP contribution < -0.4 is 5.73 Å². The summed E-state index contributed by atoms with van der Waals surface area (Å²) in [5, 5.41) is 0. The van der Waals surface area contributed by atoms with Crippen molar-refractivity contribution in [3.05, 3.63) is 35.4 Å². The van der Waals surface area contributed by atoms with Crippen LogP contribution >= 0.6 is 0 Å². The Hall–Kier alpha value is -1.31. The number of unbranched alkanes of at least 4 members (excludes halogenated alkanes) is 1. The Morgan fingerprint density at radius 2 is 1.81 bits per heavy atom. The Labute approximate surface area is 97.9 Å². The predicted molar refractivity (Wildman–Crippen MR) is 67.3 cm³/mol. The van der Waals surface area contributed by atoms with Crippen molar-refractivity contribution >= 4 is 5.91 Å². The quantitative estimate of drug-likeness (QED) is 0.734. The van der Waals surface area contributed by atoms with Crippen molar-refractivity contribution in [2.24, 2.45) is 5.73 Å². The van der Waals surface area contributed by atoms with E-state index in [1.54, 1.807) is 0 Å². The molecule has 2 heteroatoms. The van der Waals surface area contributed by atoms with Crippen LogP contribution in [0.1, 0.15) is 50.2 Å². The fourth-order valence-corrected chi connectivity index (χ4v) is 1.70. The number of nitrogens with two attached hydrogens (primary N) is 1. The molecule has 1 aromatic rings. The van der Waals surface area contributed by atoms with E-state index in [4.69, 9.17) is 5.73 Å². The van der Waals surface area contributed by atoms with Gasteiger partial charge in [0.1, 0.15) is 0 Å². The van der Waals surface area contributed by atoms with Crippen molar-refractivity contribution in [1.29, 1.82) is 0 Å². The van der Waals surface area contributed by atoms with Gasteiger partial charge >= 0.3 is 0 Å². The molecule has 1 aromatic carbocycles. The van der Waals surface area contributed by atoms with Gasteiger partial charge in [0.15, 0.2) is 0 Å². The largest absolute Gasteiger partial charge is 0.370 e. The van der Waals surface area contributed by atoms with Crippen molar-refractivity contribution in [2.45, 2.75) is 45.4 Å². The third-order valence-corrected chi connectivity index (χ3v) is 2.79. The Kier molecular flexibility index (Phi) is 5.03. The van der Waals surface area contributed by atoms with Crippen LogP contribution in [0.5, 0.6) is 0 Å². The van der Waals surface area contributed by atoms with E-state index in [-0.39, 0.29) is 5.91 Å². The van der Waals surface area contributed by atoms with E-state index in [9.17, 15) is 4.79 Å². The molecule has 2 N–H and O–H groups in total. The monoisotopic (exact) mass is 219 g/mol. The molecule has 0 radical (unpaired) electrons. The maximum Gasteiger partial charge on any atom is 0.217 e. The molecule has 2 nitrogen and oxygen atoms in total. The highest BCUT2D eigenvalue weighted by molar-refractivity contribution is 5.73. The van der Waals surface area contributed by atoms with Crippen LogP contribution in [0.15, 0.2) is 24.3 Å². The second-order valence-corrected chi connectivity index (χ2v) is 4.57. The fraction of sp³-hybridized carbons (Fsp3) is 0.500. The standard InChI is InChI=1S/C14H21NO/c1-11(2)13-9-7-12(8-10-13)5-3-4-6-14(15)16/h7-11H,3-6H2,1-2H3,(H2,15,16). The number of benzene rings is 1. The highest BCUT2D eigenvalue weighted by Gasteiger charge is 1.99. The summed E-state index contributed by atoms with van der Waals surface area (Å²) in [6.07, 6.45) is 3.46. The van der Waals surface area contributed by atoms with Crippen molar-refractivity contribution in [3.8, 4) is 0 Å². The first kappa shape index (κ1) is 12.8. The van der Waals surface area contributed by atoms with Gasteiger partial charge in [0.05, 0.1) is 0 Å². The molecule has 0 aromatic heterocycles. The van der Waals surface area contributed by atoms with E-state index < -0.39 is 0 Å². The lowest BCUT2D eigenvalue weighted by Gasteiger charge is -2.06. The number of hydrogen-bond acceptors (Lipinski definition) is 1. The smallest absolute Gasteiger partial charge is 0.217 e. The fourth-order valence-electron chi connectivity index (χ4n) is 1.70. The van der Waals surface area contributed by atoms with Crippen LogP contribution in [-0.2, 0) is 11.2 Å². The van der Waals surface area contributed by atoms with Crippen molar-refractivity contribution in [1.82, 2.24) is 0 Å². The summed E-state index contributed by atoms with van der Waals surface area (Å²) in [7, 11) is 0. The second kappa shape index (κ2) is 6.31. The van der Waals surface area contributed by atoms with Crippen LogP contribution in [-0.4, -0.2) is 5.91 Å². The lowest BCUT2D eigenvalue weighted by molar-refractivity contribution is -0.118. The molecular formula is C14H21NO. The van der Waals surface area contributed by atoms with E-state index in [1.165, 1.54) is 11.1 Å². The molecule has 0 heterocycles. The minimum atomic E-state index is -0.199. The molecule has 0 saturated heterocycles. The third-order valence-electron chi connectivity index (χ3n) is 2.79. The van der Waals surface area contributed by atoms with E-state index in [1.807, 2.05) is 0 Å². The van der Waals surface area contributed by atoms with E-state index in [0.29, 0.717) is 12.3 Å². The lowest BCUT2D eigenvalue weighted by atomic mass is 10.00. The maximum absolute atomic E-state index is 10.6. The number of aryl methyl sites for hydroxylation is 1. The Bertz CT molecular complexity index is 327. The molecule has 0 aliphatic heterocycles. The van der Waals surface area contributed by atoms with Crippen LogP contribution in [0.3, 0.4) is 0 Å². The zero-order valence-electron chi connectivity index (χ0n) is 10.2. The van der Waals surface area contributed by atoms with Crippen LogP contribution in [0.25, 0.3) is 0 Å². The van der Waals surface area contributed by atoms with Crippen molar-refractivity contribution in [2.75, 3.05) is 0 Å². The van der Waals surface area contributed by atoms with Gasteiger partial charge in [0.25, 0.3) is 0 Å². The lowest BCUT2D eigenvalue weighted by Crippen LogP contribution is -2.09. The first-order chi connectivity index (χ1) is 7.59. The van der Waals surface area contributed by atoms with Crippen molar-refractivity contribution in [3.63, 3.8) is 0 Å². The predicted octanol–water partition coefficient (Wildman–Crippen LogP) is 3.01. The topological polar surface area (TPSA) is 43.1 Å². The molecule has 16 heavy (non-hydrogen) atoms. The van der Waals surface area contributed by atoms with Gasteiger partial charge < -0.3 is 5.73 Å². The summed E-state index contributed by atoms with van der Waals surface area (Å²) in [4.78, 5) is 10.6. The summed E-state index contributed by atoms with van der Waals surface area (Å²) < 4.78 is 0. The van der Waals surface area contributed by atoms with Crippen LogP contribution in [0.4, 0.5) is 0 Å². The summed E-state index contributed by atoms with van der Waals surface area (Å²) >= 11 is 0. The molecular weight excluding hydrogens is 198 g/mol. The number of primary amides is 1. The molecule has 1 amide bonds. The highest BCUT2D eigenvalue weighted by Crippen LogP contribution is 2.15. The number of carbonyl (C=O) groups excluding carboxylic acids is 1. The highest BCUT2D eigenvalue weighted by atomic mass is 16.1. The maximum atomic E-state index is 10.6. The number of amides is 1. The normalized spacial score (nSPS) is 10.7. The van der Waals surface area contributed by atoms with Gasteiger partial charge in [-0.15, -0.1) is 0 Å². The van der Waals surface area contributed by atoms with Gasteiger partial charge in [0, 0.05) is 6.42 Å². The average Bonchev–Trinajstić information content (AvgIpc) is 2.25. The summed E-state index contributed by atoms with van der Waals surface area (Å²) in [5.74, 6) is 0.388. The van der Waals surface area contributed by atoms with Gasteiger partial charge in [-0.25, -0.2) is 0 Å². The zero-order chi connectivity index (χ0) is 12.0. The third kappa shape index (κ3) is 4.47. The first-order valence-electron chi connectivity index (χ1n) is 5.96. The molecule has 0 bridgehead atoms. The average molecular weight is 219 g/mol. The van der Waals surface area contributed by atoms with Gasteiger partial charge in [-0.05, 0) is 36.3 Å². The minimum Gasteiger partial charge on any atom is -0.370 e. The number of hydrogen-bond donors (Lipinski definition) is 1. The zero-order valence-corrected chi connectivity index (χ0v) is 10.2. The molecule has 0 saturated carbocycles. The molecule has 0 spiro atoms. The Morgan fingerprint density at radius 1 is 1.19 bits per heavy atom. The summed E-state index contributed by atoms with van der Waals surface area (Å²) in [5.41, 5.74) is 7.80. The molecule has 0 fully saturated rings. The SMILES string of the molecule is CC(C)c1ccc(CCCCC(N)=O)cc1. The van der Waals surface area contributed by atoms with Crippen LogP contribution in [0, 0.1) is 0 Å².